The van der Waals surface area contributed by atoms with E-state index in [-0.39, 0.29) is 35.9 Å². The van der Waals surface area contributed by atoms with E-state index in [2.05, 4.69) is 5.32 Å². The Bertz CT molecular complexity index is 1030. The average molecular weight is 454 g/mol. The van der Waals surface area contributed by atoms with Crippen molar-refractivity contribution in [1.29, 1.82) is 0 Å². The lowest BCUT2D eigenvalue weighted by Gasteiger charge is -2.19. The number of hydrogen-bond acceptors (Lipinski definition) is 6. The molecule has 0 aromatic heterocycles. The van der Waals surface area contributed by atoms with Crippen LogP contribution in [0.2, 0.25) is 0 Å². The summed E-state index contributed by atoms with van der Waals surface area (Å²) in [6, 6.07) is 11.5. The van der Waals surface area contributed by atoms with Gasteiger partial charge < -0.3 is 29.5 Å². The lowest BCUT2D eigenvalue weighted by atomic mass is 9.98. The summed E-state index contributed by atoms with van der Waals surface area (Å²) in [4.78, 5) is 37.5. The molecule has 2 N–H and O–H groups in total. The maximum Gasteiger partial charge on any atom is 0.335 e. The fourth-order valence-electron chi connectivity index (χ4n) is 4.04. The zero-order valence-electron chi connectivity index (χ0n) is 18.3. The first-order valence-electron chi connectivity index (χ1n) is 10.8. The highest BCUT2D eigenvalue weighted by Crippen LogP contribution is 2.36. The summed E-state index contributed by atoms with van der Waals surface area (Å²) in [6.07, 6.45) is 1.10. The molecule has 174 valence electrons. The zero-order valence-corrected chi connectivity index (χ0v) is 18.3. The second-order valence-corrected chi connectivity index (χ2v) is 8.12. The summed E-state index contributed by atoms with van der Waals surface area (Å²) in [7, 11) is 1.58. The van der Waals surface area contributed by atoms with Crippen molar-refractivity contribution in [3.8, 4) is 11.5 Å². The Kier molecular flexibility index (Phi) is 6.79. The summed E-state index contributed by atoms with van der Waals surface area (Å²) in [6.45, 7) is 1.55. The Balaban J connectivity index is 1.38. The lowest BCUT2D eigenvalue weighted by Crippen LogP contribution is -2.34. The highest BCUT2D eigenvalue weighted by Gasteiger charge is 2.32. The summed E-state index contributed by atoms with van der Waals surface area (Å²) in [5.74, 6) is -0.288. The molecule has 1 unspecified atom stereocenters. The van der Waals surface area contributed by atoms with E-state index in [1.54, 1.807) is 7.11 Å². The fourth-order valence-corrected chi connectivity index (χ4v) is 4.04. The highest BCUT2D eigenvalue weighted by atomic mass is 16.6. The monoisotopic (exact) mass is 454 g/mol. The molecule has 2 aliphatic heterocycles. The minimum absolute atomic E-state index is 0.0240. The number of methoxy groups -OCH3 is 1. The molecule has 2 saturated heterocycles. The first kappa shape index (κ1) is 22.6. The van der Waals surface area contributed by atoms with Crippen LogP contribution in [0.15, 0.2) is 42.5 Å². The van der Waals surface area contributed by atoms with Gasteiger partial charge in [0.25, 0.3) is 0 Å². The molecule has 2 aromatic carbocycles. The van der Waals surface area contributed by atoms with Crippen molar-refractivity contribution in [1.82, 2.24) is 4.90 Å². The molecule has 2 aliphatic rings. The fraction of sp³-hybridized carbons (Fsp3) is 0.375. The minimum Gasteiger partial charge on any atom is -0.493 e. The number of nitrogens with one attached hydrogen (secondary N) is 1. The Hall–Kier alpha value is -3.59. The van der Waals surface area contributed by atoms with E-state index < -0.39 is 5.97 Å². The predicted molar refractivity (Wildman–Crippen MR) is 119 cm³/mol. The molecule has 33 heavy (non-hydrogen) atoms. The Labute approximate surface area is 191 Å². The summed E-state index contributed by atoms with van der Waals surface area (Å²) in [5, 5.41) is 11.7. The van der Waals surface area contributed by atoms with Crippen LogP contribution in [0.4, 0.5) is 5.69 Å². The summed E-state index contributed by atoms with van der Waals surface area (Å²) < 4.78 is 16.8. The second kappa shape index (κ2) is 9.91. The van der Waals surface area contributed by atoms with Gasteiger partial charge in [0.05, 0.1) is 32.4 Å². The predicted octanol–water partition coefficient (Wildman–Crippen LogP) is 2.52. The van der Waals surface area contributed by atoms with Crippen LogP contribution < -0.4 is 14.8 Å². The lowest BCUT2D eigenvalue weighted by molar-refractivity contribution is -0.131. The van der Waals surface area contributed by atoms with Crippen LogP contribution >= 0.6 is 0 Å². The number of carbonyl (C=O) groups excluding carboxylic acids is 2. The van der Waals surface area contributed by atoms with Gasteiger partial charge in [-0.25, -0.2) is 4.79 Å². The summed E-state index contributed by atoms with van der Waals surface area (Å²) in [5.41, 5.74) is 1.56. The number of aromatic carboxylic acids is 1. The van der Waals surface area contributed by atoms with Crippen LogP contribution in [-0.2, 0) is 14.3 Å². The number of benzene rings is 2. The number of amides is 2. The van der Waals surface area contributed by atoms with Crippen molar-refractivity contribution in [2.75, 3.05) is 38.7 Å². The van der Waals surface area contributed by atoms with Gasteiger partial charge in [0.1, 0.15) is 6.10 Å². The molecule has 0 bridgehead atoms. The van der Waals surface area contributed by atoms with Crippen molar-refractivity contribution < 1.29 is 33.7 Å². The van der Waals surface area contributed by atoms with Crippen molar-refractivity contribution in [3.05, 3.63) is 53.6 Å². The van der Waals surface area contributed by atoms with E-state index >= 15 is 0 Å². The van der Waals surface area contributed by atoms with E-state index in [0.717, 1.165) is 12.0 Å². The maximum absolute atomic E-state index is 12.6. The summed E-state index contributed by atoms with van der Waals surface area (Å²) >= 11 is 0. The molecule has 0 saturated carbocycles. The molecule has 2 atom stereocenters. The van der Waals surface area contributed by atoms with E-state index in [1.807, 2.05) is 18.2 Å². The molecule has 2 heterocycles. The van der Waals surface area contributed by atoms with Gasteiger partial charge in [0.2, 0.25) is 11.8 Å². The number of carboxylic acids is 1. The number of rotatable bonds is 8. The van der Waals surface area contributed by atoms with Crippen LogP contribution in [0.5, 0.6) is 11.5 Å². The van der Waals surface area contributed by atoms with Gasteiger partial charge in [-0.3, -0.25) is 9.59 Å². The molecule has 9 nitrogen and oxygen atoms in total. The molecular formula is C24H26N2O7. The molecule has 2 fully saturated rings. The minimum atomic E-state index is -1.04. The number of hydrogen-bond donors (Lipinski definition) is 2. The van der Waals surface area contributed by atoms with Gasteiger partial charge in [-0.1, -0.05) is 6.07 Å². The Morgan fingerprint density at radius 3 is 2.64 bits per heavy atom. The van der Waals surface area contributed by atoms with Crippen molar-refractivity contribution in [2.45, 2.75) is 24.9 Å². The average Bonchev–Trinajstić information content (AvgIpc) is 3.44. The third kappa shape index (κ3) is 5.43. The number of ether oxygens (including phenoxy) is 3. The van der Waals surface area contributed by atoms with Crippen molar-refractivity contribution >= 4 is 23.5 Å². The topological polar surface area (TPSA) is 114 Å². The number of anilines is 1. The smallest absolute Gasteiger partial charge is 0.335 e. The van der Waals surface area contributed by atoms with Crippen molar-refractivity contribution in [3.63, 3.8) is 0 Å². The number of carboxylic acid groups (broad SMARTS) is 1. The van der Waals surface area contributed by atoms with Crippen LogP contribution in [0.25, 0.3) is 0 Å². The molecule has 2 aromatic rings. The molecule has 0 aliphatic carbocycles. The molecule has 2 amide bonds. The first-order chi connectivity index (χ1) is 15.9. The van der Waals surface area contributed by atoms with E-state index in [0.29, 0.717) is 43.4 Å². The molecule has 0 spiro atoms. The van der Waals surface area contributed by atoms with Crippen LogP contribution in [0.3, 0.4) is 0 Å². The van der Waals surface area contributed by atoms with Crippen LogP contribution in [0.1, 0.15) is 34.7 Å². The number of likely N-dealkylation sites (tertiary alicyclic amines) is 1. The quantitative estimate of drug-likeness (QED) is 0.630. The molecule has 0 radical (unpaired) electrons. The van der Waals surface area contributed by atoms with Gasteiger partial charge in [0, 0.05) is 31.0 Å². The largest absolute Gasteiger partial charge is 0.493 e. The standard InChI is InChI=1S/C24H26N2O7/c1-31-20-7-4-16(10-21(20)33-19-8-9-32-14-19)17-11-23(28)26(12-17)13-22(27)25-18-5-2-15(3-6-18)24(29)30/h2-7,10,17,19H,8-9,11-14H2,1H3,(H,25,27)(H,29,30)/t17-,19?/m1/s1. The third-order valence-electron chi connectivity index (χ3n) is 5.81. The number of nitrogens with zero attached hydrogens (tertiary/aromatic N) is 1. The van der Waals surface area contributed by atoms with Gasteiger partial charge in [-0.2, -0.15) is 0 Å². The maximum atomic E-state index is 12.6. The van der Waals surface area contributed by atoms with Gasteiger partial charge in [-0.15, -0.1) is 0 Å². The van der Waals surface area contributed by atoms with E-state index in [9.17, 15) is 14.4 Å². The van der Waals surface area contributed by atoms with E-state index in [4.69, 9.17) is 19.3 Å². The third-order valence-corrected chi connectivity index (χ3v) is 5.81. The molecular weight excluding hydrogens is 428 g/mol. The molecule has 4 rings (SSSR count). The second-order valence-electron chi connectivity index (χ2n) is 8.12. The van der Waals surface area contributed by atoms with Crippen LogP contribution in [-0.4, -0.2) is 67.3 Å². The SMILES string of the molecule is COc1ccc([C@@H]2CC(=O)N(CC(=O)Nc3ccc(C(=O)O)cc3)C2)cc1OC1CCOC1. The van der Waals surface area contributed by atoms with Gasteiger partial charge in [0.15, 0.2) is 11.5 Å². The highest BCUT2D eigenvalue weighted by molar-refractivity contribution is 5.95. The van der Waals surface area contributed by atoms with E-state index in [1.165, 1.54) is 29.2 Å². The van der Waals surface area contributed by atoms with Crippen LogP contribution in [0, 0.1) is 0 Å². The Morgan fingerprint density at radius 1 is 1.18 bits per heavy atom. The Morgan fingerprint density at radius 2 is 1.97 bits per heavy atom. The zero-order chi connectivity index (χ0) is 23.4. The molecule has 9 heteroatoms. The van der Waals surface area contributed by atoms with Gasteiger partial charge in [-0.05, 0) is 42.0 Å². The normalized spacial score (nSPS) is 20.0. The first-order valence-corrected chi connectivity index (χ1v) is 10.8. The number of carbonyl (C=O) groups is 3. The van der Waals surface area contributed by atoms with Gasteiger partial charge >= 0.3 is 5.97 Å². The van der Waals surface area contributed by atoms with Crippen molar-refractivity contribution in [2.24, 2.45) is 0 Å².